The van der Waals surface area contributed by atoms with Crippen molar-refractivity contribution in [1.29, 1.82) is 0 Å². The highest BCUT2D eigenvalue weighted by molar-refractivity contribution is 5.94. The Morgan fingerprint density at radius 3 is 2.47 bits per heavy atom. The Bertz CT molecular complexity index is 1180. The SMILES string of the molecule is CC(=O)Oc1ccc(C(=O)N2CCC(Cc3n[nH]c(=O)n3-c3ccccc3F)CC2)cc1. The highest BCUT2D eigenvalue weighted by Crippen LogP contribution is 2.24. The van der Waals surface area contributed by atoms with E-state index in [2.05, 4.69) is 10.2 Å². The van der Waals surface area contributed by atoms with E-state index in [1.807, 2.05) is 0 Å². The number of halogens is 1. The number of likely N-dealkylation sites (tertiary alicyclic amines) is 1. The summed E-state index contributed by atoms with van der Waals surface area (Å²) in [5.74, 6) is 0.103. The fourth-order valence-corrected chi connectivity index (χ4v) is 3.96. The number of para-hydroxylation sites is 1. The molecule has 2 heterocycles. The summed E-state index contributed by atoms with van der Waals surface area (Å²) in [5, 5.41) is 6.51. The second-order valence-corrected chi connectivity index (χ2v) is 7.79. The molecule has 1 amide bonds. The molecule has 166 valence electrons. The molecule has 1 fully saturated rings. The van der Waals surface area contributed by atoms with E-state index in [4.69, 9.17) is 4.74 Å². The molecule has 0 atom stereocenters. The molecule has 1 N–H and O–H groups in total. The number of esters is 1. The van der Waals surface area contributed by atoms with Gasteiger partial charge in [-0.05, 0) is 55.2 Å². The molecule has 0 aliphatic carbocycles. The van der Waals surface area contributed by atoms with Crippen LogP contribution in [0.2, 0.25) is 0 Å². The molecule has 0 bridgehead atoms. The van der Waals surface area contributed by atoms with Crippen LogP contribution in [0.4, 0.5) is 4.39 Å². The Labute approximate surface area is 183 Å². The van der Waals surface area contributed by atoms with E-state index in [1.54, 1.807) is 47.4 Å². The molecular weight excluding hydrogens is 415 g/mol. The lowest BCUT2D eigenvalue weighted by molar-refractivity contribution is -0.131. The van der Waals surface area contributed by atoms with Gasteiger partial charge >= 0.3 is 11.7 Å². The first kappa shape index (κ1) is 21.5. The number of ether oxygens (including phenoxy) is 1. The largest absolute Gasteiger partial charge is 0.427 e. The normalized spacial score (nSPS) is 14.4. The standard InChI is InChI=1S/C23H23FN4O4/c1-15(29)32-18-8-6-17(7-9-18)22(30)27-12-10-16(11-13-27)14-21-25-26-23(31)28(21)20-5-3-2-4-19(20)24/h2-9,16H,10-14H2,1H3,(H,26,31). The van der Waals surface area contributed by atoms with Crippen LogP contribution in [-0.2, 0) is 11.2 Å². The summed E-state index contributed by atoms with van der Waals surface area (Å²) in [7, 11) is 0. The van der Waals surface area contributed by atoms with Gasteiger partial charge in [0.2, 0.25) is 0 Å². The van der Waals surface area contributed by atoms with Crippen LogP contribution in [0.15, 0.2) is 53.3 Å². The predicted molar refractivity (Wildman–Crippen MR) is 114 cm³/mol. The number of rotatable bonds is 5. The summed E-state index contributed by atoms with van der Waals surface area (Å²) in [6.45, 7) is 2.47. The lowest BCUT2D eigenvalue weighted by Gasteiger charge is -2.32. The third-order valence-corrected chi connectivity index (χ3v) is 5.57. The summed E-state index contributed by atoms with van der Waals surface area (Å²) < 4.78 is 20.5. The molecule has 8 nitrogen and oxygen atoms in total. The second kappa shape index (κ2) is 9.17. The van der Waals surface area contributed by atoms with Gasteiger partial charge in [0.05, 0.1) is 5.69 Å². The summed E-state index contributed by atoms with van der Waals surface area (Å²) in [6.07, 6.45) is 2.00. The van der Waals surface area contributed by atoms with Crippen LogP contribution in [-0.4, -0.2) is 44.6 Å². The number of aromatic amines is 1. The Hall–Kier alpha value is -3.75. The van der Waals surface area contributed by atoms with Crippen molar-refractivity contribution < 1.29 is 18.7 Å². The van der Waals surface area contributed by atoms with Crippen molar-refractivity contribution in [2.75, 3.05) is 13.1 Å². The summed E-state index contributed by atoms with van der Waals surface area (Å²) in [4.78, 5) is 37.8. The number of carbonyl (C=O) groups excluding carboxylic acids is 2. The molecule has 9 heteroatoms. The quantitative estimate of drug-likeness (QED) is 0.488. The maximum atomic E-state index is 14.2. The minimum Gasteiger partial charge on any atom is -0.427 e. The highest BCUT2D eigenvalue weighted by Gasteiger charge is 2.26. The van der Waals surface area contributed by atoms with Crippen LogP contribution in [0.5, 0.6) is 5.75 Å². The third kappa shape index (κ3) is 4.61. The van der Waals surface area contributed by atoms with Gasteiger partial charge in [-0.15, -0.1) is 0 Å². The zero-order valence-electron chi connectivity index (χ0n) is 17.6. The Kier molecular flexibility index (Phi) is 6.16. The topological polar surface area (TPSA) is 97.3 Å². The van der Waals surface area contributed by atoms with E-state index in [1.165, 1.54) is 17.6 Å². The highest BCUT2D eigenvalue weighted by atomic mass is 19.1. The van der Waals surface area contributed by atoms with Crippen molar-refractivity contribution in [2.24, 2.45) is 5.92 Å². The first-order chi connectivity index (χ1) is 15.4. The van der Waals surface area contributed by atoms with Gasteiger partial charge in [0, 0.05) is 32.0 Å². The minimum atomic E-state index is -0.489. The molecule has 0 radical (unpaired) electrons. The van der Waals surface area contributed by atoms with Gasteiger partial charge in [-0.3, -0.25) is 9.59 Å². The van der Waals surface area contributed by atoms with Crippen LogP contribution < -0.4 is 10.4 Å². The first-order valence-corrected chi connectivity index (χ1v) is 10.4. The minimum absolute atomic E-state index is 0.0825. The summed E-state index contributed by atoms with van der Waals surface area (Å²) >= 11 is 0. The molecule has 0 spiro atoms. The number of nitrogens with zero attached hydrogens (tertiary/aromatic N) is 3. The monoisotopic (exact) mass is 438 g/mol. The molecule has 1 aliphatic rings. The zero-order chi connectivity index (χ0) is 22.7. The van der Waals surface area contributed by atoms with Gasteiger partial charge < -0.3 is 9.64 Å². The van der Waals surface area contributed by atoms with Gasteiger partial charge in [0.25, 0.3) is 5.91 Å². The number of nitrogens with one attached hydrogen (secondary N) is 1. The third-order valence-electron chi connectivity index (χ3n) is 5.57. The van der Waals surface area contributed by atoms with Crippen molar-refractivity contribution in [3.05, 3.63) is 76.2 Å². The van der Waals surface area contributed by atoms with Crippen molar-refractivity contribution in [1.82, 2.24) is 19.7 Å². The Balaban J connectivity index is 1.39. The van der Waals surface area contributed by atoms with Gasteiger partial charge in [0.1, 0.15) is 17.4 Å². The van der Waals surface area contributed by atoms with Crippen LogP contribution in [0.1, 0.15) is 35.9 Å². The second-order valence-electron chi connectivity index (χ2n) is 7.79. The molecular formula is C23H23FN4O4. The number of H-pyrrole nitrogens is 1. The van der Waals surface area contributed by atoms with Crippen LogP contribution in [0.25, 0.3) is 5.69 Å². The molecule has 32 heavy (non-hydrogen) atoms. The molecule has 2 aromatic carbocycles. The number of carbonyl (C=O) groups is 2. The lowest BCUT2D eigenvalue weighted by atomic mass is 9.92. The van der Waals surface area contributed by atoms with E-state index in [0.717, 1.165) is 12.8 Å². The number of hydrogen-bond acceptors (Lipinski definition) is 5. The van der Waals surface area contributed by atoms with Gasteiger partial charge in [-0.25, -0.2) is 18.9 Å². The number of amides is 1. The number of piperidine rings is 1. The van der Waals surface area contributed by atoms with E-state index >= 15 is 0 Å². The fourth-order valence-electron chi connectivity index (χ4n) is 3.96. The van der Waals surface area contributed by atoms with E-state index in [0.29, 0.717) is 36.6 Å². The molecule has 0 unspecified atom stereocenters. The average Bonchev–Trinajstić information content (AvgIpc) is 3.14. The van der Waals surface area contributed by atoms with E-state index in [-0.39, 0.29) is 17.5 Å². The number of aromatic nitrogens is 3. The molecule has 4 rings (SSSR count). The van der Waals surface area contributed by atoms with Crippen molar-refractivity contribution >= 4 is 11.9 Å². The Morgan fingerprint density at radius 2 is 1.81 bits per heavy atom. The van der Waals surface area contributed by atoms with Crippen LogP contribution in [0, 0.1) is 11.7 Å². The van der Waals surface area contributed by atoms with Crippen LogP contribution >= 0.6 is 0 Å². The number of hydrogen-bond donors (Lipinski definition) is 1. The van der Waals surface area contributed by atoms with E-state index < -0.39 is 17.5 Å². The fraction of sp³-hybridized carbons (Fsp3) is 0.304. The molecule has 1 aliphatic heterocycles. The van der Waals surface area contributed by atoms with E-state index in [9.17, 15) is 18.8 Å². The van der Waals surface area contributed by atoms with Gasteiger partial charge in [-0.1, -0.05) is 12.1 Å². The van der Waals surface area contributed by atoms with Gasteiger partial charge in [-0.2, -0.15) is 5.10 Å². The predicted octanol–water partition coefficient (Wildman–Crippen LogP) is 2.72. The number of benzene rings is 2. The smallest absolute Gasteiger partial charge is 0.348 e. The van der Waals surface area contributed by atoms with Crippen molar-refractivity contribution in [2.45, 2.75) is 26.2 Å². The zero-order valence-corrected chi connectivity index (χ0v) is 17.6. The molecule has 1 saturated heterocycles. The molecule has 3 aromatic rings. The first-order valence-electron chi connectivity index (χ1n) is 10.4. The summed E-state index contributed by atoms with van der Waals surface area (Å²) in [5.41, 5.74) is 0.223. The maximum Gasteiger partial charge on any atom is 0.348 e. The van der Waals surface area contributed by atoms with Gasteiger partial charge in [0.15, 0.2) is 0 Å². The summed E-state index contributed by atoms with van der Waals surface area (Å²) in [6, 6.07) is 12.6. The maximum absolute atomic E-state index is 14.2. The van der Waals surface area contributed by atoms with Crippen molar-refractivity contribution in [3.8, 4) is 11.4 Å². The molecule has 1 aromatic heterocycles. The lowest BCUT2D eigenvalue weighted by Crippen LogP contribution is -2.39. The molecule has 0 saturated carbocycles. The average molecular weight is 438 g/mol. The van der Waals surface area contributed by atoms with Crippen molar-refractivity contribution in [3.63, 3.8) is 0 Å². The van der Waals surface area contributed by atoms with Crippen LogP contribution in [0.3, 0.4) is 0 Å². The Morgan fingerprint density at radius 1 is 1.12 bits per heavy atom.